The second-order valence-electron chi connectivity index (χ2n) is 6.01. The molecule has 0 fully saturated rings. The number of anilines is 1. The monoisotopic (exact) mass is 331 g/mol. The number of methoxy groups -OCH3 is 1. The number of carbonyl (C=O) groups excluding carboxylic acids is 1. The highest BCUT2D eigenvalue weighted by Gasteiger charge is 2.21. The summed E-state index contributed by atoms with van der Waals surface area (Å²) < 4.78 is 10.2. The van der Waals surface area contributed by atoms with Gasteiger partial charge >= 0.3 is 12.1 Å². The minimum absolute atomic E-state index is 0.0263. The lowest BCUT2D eigenvalue weighted by Crippen LogP contribution is -2.47. The average molecular weight is 332 g/mol. The van der Waals surface area contributed by atoms with E-state index in [0.29, 0.717) is 6.54 Å². The van der Waals surface area contributed by atoms with Crippen LogP contribution in [-0.2, 0) is 4.74 Å². The van der Waals surface area contributed by atoms with Gasteiger partial charge in [-0.2, -0.15) is 15.0 Å². The molecular formula is C13H22ClN5O3. The number of hydrazine groups is 1. The zero-order valence-corrected chi connectivity index (χ0v) is 14.4. The topological polar surface area (TPSA) is 89.5 Å². The zero-order valence-electron chi connectivity index (χ0n) is 13.7. The molecule has 1 N–H and O–H groups in total. The maximum absolute atomic E-state index is 12.0. The van der Waals surface area contributed by atoms with E-state index in [0.717, 1.165) is 0 Å². The molecule has 9 heteroatoms. The Hall–Kier alpha value is -1.83. The molecule has 22 heavy (non-hydrogen) atoms. The number of nitrogens with zero attached hydrogens (tertiary/aromatic N) is 4. The van der Waals surface area contributed by atoms with Crippen LogP contribution in [0.3, 0.4) is 0 Å². The number of amides is 1. The van der Waals surface area contributed by atoms with Gasteiger partial charge in [0.15, 0.2) is 0 Å². The highest BCUT2D eigenvalue weighted by Crippen LogP contribution is 2.15. The van der Waals surface area contributed by atoms with Crippen molar-refractivity contribution in [1.82, 2.24) is 20.4 Å². The summed E-state index contributed by atoms with van der Waals surface area (Å²) in [4.78, 5) is 23.8. The minimum atomic E-state index is -0.609. The second-order valence-corrected chi connectivity index (χ2v) is 6.35. The first-order chi connectivity index (χ1) is 10.1. The van der Waals surface area contributed by atoms with Gasteiger partial charge in [-0.25, -0.2) is 15.2 Å². The van der Waals surface area contributed by atoms with E-state index in [-0.39, 0.29) is 23.2 Å². The number of hydrogen-bond acceptors (Lipinski definition) is 7. The van der Waals surface area contributed by atoms with E-state index in [1.807, 2.05) is 13.8 Å². The number of nitrogens with one attached hydrogen (secondary N) is 1. The van der Waals surface area contributed by atoms with Gasteiger partial charge in [0.25, 0.3) is 5.95 Å². The molecular weight excluding hydrogens is 310 g/mol. The summed E-state index contributed by atoms with van der Waals surface area (Å²) in [6.07, 6.45) is -0.608. The Kier molecular flexibility index (Phi) is 6.16. The Labute approximate surface area is 135 Å². The largest absolute Gasteiger partial charge is 0.467 e. The van der Waals surface area contributed by atoms with Crippen LogP contribution in [0, 0.1) is 5.92 Å². The van der Waals surface area contributed by atoms with Gasteiger partial charge in [-0.3, -0.25) is 0 Å². The Morgan fingerprint density at radius 2 is 1.95 bits per heavy atom. The number of hydrogen-bond donors (Lipinski definition) is 1. The lowest BCUT2D eigenvalue weighted by atomic mass is 10.2. The maximum atomic E-state index is 12.0. The molecule has 0 aliphatic rings. The standard InChI is InChI=1S/C13H22ClN5O3/c1-8(2)7-19(18-12(20)22-13(3,4)5)10-15-9(14)16-11(17-10)21-6/h8H,7H2,1-6H3,(H,18,20). The van der Waals surface area contributed by atoms with Crippen LogP contribution in [0.1, 0.15) is 34.6 Å². The van der Waals surface area contributed by atoms with Gasteiger partial charge < -0.3 is 9.47 Å². The Morgan fingerprint density at radius 3 is 2.45 bits per heavy atom. The fourth-order valence-electron chi connectivity index (χ4n) is 1.49. The summed E-state index contributed by atoms with van der Waals surface area (Å²) in [5.41, 5.74) is 2.00. The van der Waals surface area contributed by atoms with E-state index < -0.39 is 11.7 Å². The van der Waals surface area contributed by atoms with Crippen molar-refractivity contribution >= 4 is 23.6 Å². The quantitative estimate of drug-likeness (QED) is 0.829. The minimum Gasteiger partial charge on any atom is -0.467 e. The van der Waals surface area contributed by atoms with Crippen LogP contribution in [0.2, 0.25) is 5.28 Å². The molecule has 0 aliphatic carbocycles. The molecule has 0 bridgehead atoms. The number of halogens is 1. The van der Waals surface area contributed by atoms with Crippen molar-refractivity contribution in [3.8, 4) is 6.01 Å². The molecule has 1 heterocycles. The predicted octanol–water partition coefficient (Wildman–Crippen LogP) is 2.44. The molecule has 1 rings (SSSR count). The lowest BCUT2D eigenvalue weighted by molar-refractivity contribution is 0.0518. The number of rotatable bonds is 5. The Balaban J connectivity index is 2.98. The molecule has 1 aromatic heterocycles. The highest BCUT2D eigenvalue weighted by molar-refractivity contribution is 6.28. The number of aromatic nitrogens is 3. The fourth-order valence-corrected chi connectivity index (χ4v) is 1.64. The molecule has 124 valence electrons. The molecule has 8 nitrogen and oxygen atoms in total. The van der Waals surface area contributed by atoms with Gasteiger partial charge in [0.2, 0.25) is 5.28 Å². The maximum Gasteiger partial charge on any atom is 0.426 e. The molecule has 1 amide bonds. The SMILES string of the molecule is COc1nc(Cl)nc(N(CC(C)C)NC(=O)OC(C)(C)C)n1. The van der Waals surface area contributed by atoms with Crippen molar-refractivity contribution in [1.29, 1.82) is 0 Å². The van der Waals surface area contributed by atoms with Gasteiger partial charge in [0.1, 0.15) is 5.60 Å². The summed E-state index contributed by atoms with van der Waals surface area (Å²) in [6, 6.07) is 0.0646. The van der Waals surface area contributed by atoms with E-state index in [9.17, 15) is 4.79 Å². The summed E-state index contributed by atoms with van der Waals surface area (Å²) in [5, 5.41) is 1.43. The van der Waals surface area contributed by atoms with Crippen LogP contribution in [0.4, 0.5) is 10.7 Å². The first kappa shape index (κ1) is 18.2. The van der Waals surface area contributed by atoms with Crippen molar-refractivity contribution in [2.45, 2.75) is 40.2 Å². The summed E-state index contributed by atoms with van der Waals surface area (Å²) in [5.74, 6) is 0.410. The summed E-state index contributed by atoms with van der Waals surface area (Å²) >= 11 is 5.84. The van der Waals surface area contributed by atoms with Crippen LogP contribution in [0.15, 0.2) is 0 Å². The van der Waals surface area contributed by atoms with E-state index in [4.69, 9.17) is 21.1 Å². The predicted molar refractivity (Wildman–Crippen MR) is 82.9 cm³/mol. The van der Waals surface area contributed by atoms with Crippen molar-refractivity contribution in [2.75, 3.05) is 18.7 Å². The molecule has 0 aromatic carbocycles. The smallest absolute Gasteiger partial charge is 0.426 e. The molecule has 0 saturated carbocycles. The number of ether oxygens (including phenoxy) is 2. The lowest BCUT2D eigenvalue weighted by Gasteiger charge is -2.27. The van der Waals surface area contributed by atoms with Crippen LogP contribution in [0.25, 0.3) is 0 Å². The third kappa shape index (κ3) is 6.30. The van der Waals surface area contributed by atoms with Crippen LogP contribution in [-0.4, -0.2) is 40.3 Å². The number of carbonyl (C=O) groups is 1. The Bertz CT molecular complexity index is 519. The van der Waals surface area contributed by atoms with Crippen LogP contribution in [0.5, 0.6) is 6.01 Å². The van der Waals surface area contributed by atoms with E-state index in [1.165, 1.54) is 12.1 Å². The van der Waals surface area contributed by atoms with Gasteiger partial charge in [0, 0.05) is 6.54 Å². The fraction of sp³-hybridized carbons (Fsp3) is 0.692. The molecule has 0 atom stereocenters. The molecule has 1 aromatic rings. The van der Waals surface area contributed by atoms with Gasteiger partial charge in [0.05, 0.1) is 7.11 Å². The molecule has 0 saturated heterocycles. The molecule has 0 unspecified atom stereocenters. The molecule has 0 spiro atoms. The normalized spacial score (nSPS) is 11.3. The first-order valence-electron chi connectivity index (χ1n) is 6.83. The third-order valence-corrected chi connectivity index (χ3v) is 2.34. The zero-order chi connectivity index (χ0) is 16.9. The average Bonchev–Trinajstić information content (AvgIpc) is 2.34. The molecule has 0 aliphatic heterocycles. The van der Waals surface area contributed by atoms with Crippen molar-refractivity contribution in [2.24, 2.45) is 5.92 Å². The van der Waals surface area contributed by atoms with Crippen LogP contribution >= 0.6 is 11.6 Å². The summed E-state index contributed by atoms with van der Waals surface area (Å²) in [6.45, 7) is 9.78. The van der Waals surface area contributed by atoms with Crippen molar-refractivity contribution in [3.63, 3.8) is 0 Å². The first-order valence-corrected chi connectivity index (χ1v) is 7.21. The summed E-state index contributed by atoms with van der Waals surface area (Å²) in [7, 11) is 1.42. The van der Waals surface area contributed by atoms with Gasteiger partial charge in [-0.05, 0) is 38.3 Å². The van der Waals surface area contributed by atoms with Crippen molar-refractivity contribution in [3.05, 3.63) is 5.28 Å². The highest BCUT2D eigenvalue weighted by atomic mass is 35.5. The van der Waals surface area contributed by atoms with E-state index in [2.05, 4.69) is 20.4 Å². The van der Waals surface area contributed by atoms with Crippen molar-refractivity contribution < 1.29 is 14.3 Å². The van der Waals surface area contributed by atoms with Gasteiger partial charge in [-0.1, -0.05) is 13.8 Å². The molecule has 0 radical (unpaired) electrons. The van der Waals surface area contributed by atoms with E-state index >= 15 is 0 Å². The van der Waals surface area contributed by atoms with E-state index in [1.54, 1.807) is 20.8 Å². The second kappa shape index (κ2) is 7.44. The Morgan fingerprint density at radius 1 is 1.32 bits per heavy atom. The van der Waals surface area contributed by atoms with Gasteiger partial charge in [-0.15, -0.1) is 0 Å². The van der Waals surface area contributed by atoms with Crippen LogP contribution < -0.4 is 15.2 Å². The third-order valence-electron chi connectivity index (χ3n) is 2.17.